The lowest BCUT2D eigenvalue weighted by Gasteiger charge is -2.17. The Bertz CT molecular complexity index is 303. The van der Waals surface area contributed by atoms with Crippen LogP contribution in [-0.2, 0) is 9.47 Å². The number of unbranched alkanes of at least 4 members (excludes halogenated alkanes) is 1. The average Bonchev–Trinajstić information content (AvgIpc) is 2.46. The van der Waals surface area contributed by atoms with E-state index in [1.807, 2.05) is 7.05 Å². The molecule has 0 aliphatic carbocycles. The van der Waals surface area contributed by atoms with Gasteiger partial charge in [0.25, 0.3) is 0 Å². The quantitative estimate of drug-likeness (QED) is 0.624. The minimum Gasteiger partial charge on any atom is -0.382 e. The second-order valence-electron chi connectivity index (χ2n) is 4.77. The van der Waals surface area contributed by atoms with Crippen LogP contribution in [0.4, 0.5) is 0 Å². The average molecular weight is 265 g/mol. The highest BCUT2D eigenvalue weighted by atomic mass is 16.5. The Kier molecular flexibility index (Phi) is 9.33. The number of likely N-dealkylation sites (N-methyl/N-ethyl adjacent to an activating group) is 1. The van der Waals surface area contributed by atoms with E-state index in [1.165, 1.54) is 18.4 Å². The van der Waals surface area contributed by atoms with Crippen LogP contribution < -0.4 is 5.32 Å². The van der Waals surface area contributed by atoms with E-state index in [0.717, 1.165) is 19.6 Å². The molecule has 0 aliphatic rings. The molecule has 1 aromatic carbocycles. The molecule has 1 atom stereocenters. The first-order valence-electron chi connectivity index (χ1n) is 7.14. The normalized spacial score (nSPS) is 12.5. The van der Waals surface area contributed by atoms with Gasteiger partial charge in [0.1, 0.15) is 0 Å². The second-order valence-corrected chi connectivity index (χ2v) is 4.77. The lowest BCUT2D eigenvalue weighted by atomic mass is 9.93. The maximum Gasteiger partial charge on any atom is 0.0700 e. The fourth-order valence-electron chi connectivity index (χ4n) is 2.20. The summed E-state index contributed by atoms with van der Waals surface area (Å²) in [6.45, 7) is 3.26. The molecule has 1 rings (SSSR count). The van der Waals surface area contributed by atoms with Crippen molar-refractivity contribution in [1.29, 1.82) is 0 Å². The lowest BCUT2D eigenvalue weighted by molar-refractivity contribution is 0.0684. The molecule has 3 nitrogen and oxygen atoms in total. The Labute approximate surface area is 117 Å². The number of hydrogen-bond acceptors (Lipinski definition) is 3. The van der Waals surface area contributed by atoms with E-state index in [9.17, 15) is 0 Å². The van der Waals surface area contributed by atoms with Crippen molar-refractivity contribution >= 4 is 0 Å². The molecule has 0 bridgehead atoms. The largest absolute Gasteiger partial charge is 0.382 e. The zero-order chi connectivity index (χ0) is 13.8. The third-order valence-electron chi connectivity index (χ3n) is 3.24. The van der Waals surface area contributed by atoms with Gasteiger partial charge in [-0.1, -0.05) is 36.8 Å². The minimum atomic E-state index is 0.602. The number of methoxy groups -OCH3 is 1. The van der Waals surface area contributed by atoms with Gasteiger partial charge in [-0.3, -0.25) is 0 Å². The number of rotatable bonds is 11. The maximum atomic E-state index is 5.48. The number of hydrogen-bond donors (Lipinski definition) is 1. The monoisotopic (exact) mass is 265 g/mol. The summed E-state index contributed by atoms with van der Waals surface area (Å²) in [6.07, 6.45) is 3.53. The summed E-state index contributed by atoms with van der Waals surface area (Å²) < 4.78 is 10.4. The first-order valence-corrected chi connectivity index (χ1v) is 7.14. The third kappa shape index (κ3) is 7.31. The van der Waals surface area contributed by atoms with Crippen molar-refractivity contribution in [2.24, 2.45) is 0 Å². The maximum absolute atomic E-state index is 5.48. The first kappa shape index (κ1) is 16.2. The second kappa shape index (κ2) is 11.0. The highest BCUT2D eigenvalue weighted by Crippen LogP contribution is 2.21. The van der Waals surface area contributed by atoms with Gasteiger partial charge in [-0.05, 0) is 31.4 Å². The molecule has 0 heterocycles. The smallest absolute Gasteiger partial charge is 0.0700 e. The number of benzene rings is 1. The molecular weight excluding hydrogens is 238 g/mol. The van der Waals surface area contributed by atoms with Crippen LogP contribution >= 0.6 is 0 Å². The van der Waals surface area contributed by atoms with Gasteiger partial charge in [0.15, 0.2) is 0 Å². The van der Waals surface area contributed by atoms with Crippen LogP contribution in [0.5, 0.6) is 0 Å². The van der Waals surface area contributed by atoms with Crippen molar-refractivity contribution in [2.75, 3.05) is 40.5 Å². The standard InChI is InChI=1S/C16H27NO2/c1-17-14-16(15-8-4-3-5-9-15)10-6-7-11-19-13-12-18-2/h3-5,8-9,16-17H,6-7,10-14H2,1-2H3. The Hall–Kier alpha value is -0.900. The minimum absolute atomic E-state index is 0.602. The van der Waals surface area contributed by atoms with E-state index >= 15 is 0 Å². The molecule has 0 aliphatic heterocycles. The molecular formula is C16H27NO2. The van der Waals surface area contributed by atoms with E-state index in [2.05, 4.69) is 35.6 Å². The van der Waals surface area contributed by atoms with Crippen LogP contribution in [0.1, 0.15) is 30.7 Å². The molecule has 0 spiro atoms. The SMILES string of the molecule is CNCC(CCCCOCCOC)c1ccccc1. The molecule has 0 amide bonds. The fourth-order valence-corrected chi connectivity index (χ4v) is 2.20. The van der Waals surface area contributed by atoms with Gasteiger partial charge in [-0.15, -0.1) is 0 Å². The van der Waals surface area contributed by atoms with Gasteiger partial charge in [-0.25, -0.2) is 0 Å². The molecule has 0 saturated carbocycles. The number of nitrogens with one attached hydrogen (secondary N) is 1. The predicted octanol–water partition coefficient (Wildman–Crippen LogP) is 2.82. The van der Waals surface area contributed by atoms with E-state index in [4.69, 9.17) is 9.47 Å². The highest BCUT2D eigenvalue weighted by Gasteiger charge is 2.09. The Balaban J connectivity index is 2.20. The number of ether oxygens (including phenoxy) is 2. The van der Waals surface area contributed by atoms with Gasteiger partial charge >= 0.3 is 0 Å². The van der Waals surface area contributed by atoms with Crippen molar-refractivity contribution in [1.82, 2.24) is 5.32 Å². The molecule has 1 N–H and O–H groups in total. The van der Waals surface area contributed by atoms with Gasteiger partial charge in [0.2, 0.25) is 0 Å². The topological polar surface area (TPSA) is 30.5 Å². The van der Waals surface area contributed by atoms with Crippen LogP contribution in [-0.4, -0.2) is 40.5 Å². The summed E-state index contributed by atoms with van der Waals surface area (Å²) in [4.78, 5) is 0. The summed E-state index contributed by atoms with van der Waals surface area (Å²) in [5.41, 5.74) is 1.43. The van der Waals surface area contributed by atoms with Gasteiger partial charge in [0.05, 0.1) is 13.2 Å². The molecule has 1 unspecified atom stereocenters. The fraction of sp³-hybridized carbons (Fsp3) is 0.625. The third-order valence-corrected chi connectivity index (χ3v) is 3.24. The van der Waals surface area contributed by atoms with Crippen LogP contribution in [0.2, 0.25) is 0 Å². The van der Waals surface area contributed by atoms with Crippen molar-refractivity contribution in [3.63, 3.8) is 0 Å². The summed E-state index contributed by atoms with van der Waals surface area (Å²) in [5, 5.41) is 3.29. The summed E-state index contributed by atoms with van der Waals surface area (Å²) in [5.74, 6) is 0.602. The van der Waals surface area contributed by atoms with Crippen molar-refractivity contribution < 1.29 is 9.47 Å². The van der Waals surface area contributed by atoms with Crippen LogP contribution in [0, 0.1) is 0 Å². The summed E-state index contributed by atoms with van der Waals surface area (Å²) in [7, 11) is 3.72. The molecule has 0 saturated heterocycles. The van der Waals surface area contributed by atoms with E-state index in [1.54, 1.807) is 7.11 Å². The van der Waals surface area contributed by atoms with Gasteiger partial charge < -0.3 is 14.8 Å². The van der Waals surface area contributed by atoms with Crippen LogP contribution in [0.3, 0.4) is 0 Å². The summed E-state index contributed by atoms with van der Waals surface area (Å²) >= 11 is 0. The van der Waals surface area contributed by atoms with Crippen molar-refractivity contribution in [3.8, 4) is 0 Å². The zero-order valence-corrected chi connectivity index (χ0v) is 12.2. The van der Waals surface area contributed by atoms with Crippen molar-refractivity contribution in [3.05, 3.63) is 35.9 Å². The van der Waals surface area contributed by atoms with Crippen molar-refractivity contribution in [2.45, 2.75) is 25.2 Å². The van der Waals surface area contributed by atoms with E-state index in [0.29, 0.717) is 19.1 Å². The Morgan fingerprint density at radius 2 is 1.84 bits per heavy atom. The Morgan fingerprint density at radius 3 is 2.53 bits per heavy atom. The highest BCUT2D eigenvalue weighted by molar-refractivity contribution is 5.19. The zero-order valence-electron chi connectivity index (χ0n) is 12.2. The first-order chi connectivity index (χ1) is 9.38. The predicted molar refractivity (Wildman–Crippen MR) is 79.7 cm³/mol. The van der Waals surface area contributed by atoms with Gasteiger partial charge in [-0.2, -0.15) is 0 Å². The molecule has 1 aromatic rings. The molecule has 0 radical (unpaired) electrons. The Morgan fingerprint density at radius 1 is 1.05 bits per heavy atom. The van der Waals surface area contributed by atoms with Crippen LogP contribution in [0.25, 0.3) is 0 Å². The molecule has 108 valence electrons. The summed E-state index contributed by atoms with van der Waals surface area (Å²) in [6, 6.07) is 10.7. The van der Waals surface area contributed by atoms with Gasteiger partial charge in [0, 0.05) is 20.3 Å². The molecule has 19 heavy (non-hydrogen) atoms. The van der Waals surface area contributed by atoms with E-state index < -0.39 is 0 Å². The molecule has 3 heteroatoms. The van der Waals surface area contributed by atoms with E-state index in [-0.39, 0.29) is 0 Å². The van der Waals surface area contributed by atoms with Crippen LogP contribution in [0.15, 0.2) is 30.3 Å². The lowest BCUT2D eigenvalue weighted by Crippen LogP contribution is -2.17. The molecule has 0 aromatic heterocycles. The molecule has 0 fully saturated rings.